The fourth-order valence-corrected chi connectivity index (χ4v) is 3.22. The van der Waals surface area contributed by atoms with Gasteiger partial charge in [0.25, 0.3) is 0 Å². The zero-order valence-corrected chi connectivity index (χ0v) is 10.6. The lowest BCUT2D eigenvalue weighted by molar-refractivity contribution is 0.621. The van der Waals surface area contributed by atoms with Crippen LogP contribution in [0.5, 0.6) is 0 Å². The molecular weight excluding hydrogens is 260 g/mol. The molecule has 0 atom stereocenters. The van der Waals surface area contributed by atoms with Gasteiger partial charge in [0, 0.05) is 29.5 Å². The molecule has 1 aliphatic carbocycles. The Kier molecular flexibility index (Phi) is 3.81. The van der Waals surface area contributed by atoms with Crippen LogP contribution in [0.1, 0.15) is 25.7 Å². The highest BCUT2D eigenvalue weighted by Gasteiger charge is 2.23. The Balaban J connectivity index is 2.06. The maximum atomic E-state index is 4.40. The van der Waals surface area contributed by atoms with Crippen molar-refractivity contribution in [2.75, 3.05) is 16.8 Å². The average Bonchev–Trinajstić information content (AvgIpc) is 2.87. The standard InChI is InChI=1S/C10H15BrN2S/c11-5-7-13(9-3-1-2-4-9)10-12-6-8-14-10/h6,8-9H,1-5,7H2. The third kappa shape index (κ3) is 2.28. The highest BCUT2D eigenvalue weighted by molar-refractivity contribution is 9.09. The molecule has 0 amide bonds. The first-order valence-electron chi connectivity index (χ1n) is 5.14. The second-order valence-electron chi connectivity index (χ2n) is 3.64. The van der Waals surface area contributed by atoms with Gasteiger partial charge in [-0.2, -0.15) is 0 Å². The van der Waals surface area contributed by atoms with E-state index in [9.17, 15) is 0 Å². The molecule has 0 aliphatic heterocycles. The highest BCUT2D eigenvalue weighted by atomic mass is 79.9. The minimum atomic E-state index is 0.735. The molecule has 4 heteroatoms. The van der Waals surface area contributed by atoms with Crippen LogP contribution in [0.4, 0.5) is 5.13 Å². The van der Waals surface area contributed by atoms with Crippen LogP contribution in [0.25, 0.3) is 0 Å². The summed E-state index contributed by atoms with van der Waals surface area (Å²) in [5, 5.41) is 4.28. The lowest BCUT2D eigenvalue weighted by Gasteiger charge is -2.27. The van der Waals surface area contributed by atoms with Gasteiger partial charge in [0.05, 0.1) is 0 Å². The van der Waals surface area contributed by atoms with Gasteiger partial charge in [0.1, 0.15) is 0 Å². The minimum Gasteiger partial charge on any atom is -0.344 e. The zero-order chi connectivity index (χ0) is 9.80. The van der Waals surface area contributed by atoms with Crippen molar-refractivity contribution in [3.05, 3.63) is 11.6 Å². The number of nitrogens with zero attached hydrogens (tertiary/aromatic N) is 2. The molecule has 2 rings (SSSR count). The molecular formula is C10H15BrN2S. The number of aromatic nitrogens is 1. The molecule has 0 N–H and O–H groups in total. The molecule has 1 aliphatic rings. The van der Waals surface area contributed by atoms with Gasteiger partial charge < -0.3 is 4.90 Å². The Morgan fingerprint density at radius 2 is 2.29 bits per heavy atom. The first kappa shape index (κ1) is 10.4. The summed E-state index contributed by atoms with van der Waals surface area (Å²) in [6.07, 6.45) is 7.35. The molecule has 1 saturated carbocycles. The van der Waals surface area contributed by atoms with E-state index < -0.39 is 0 Å². The van der Waals surface area contributed by atoms with Crippen molar-refractivity contribution in [1.29, 1.82) is 0 Å². The van der Waals surface area contributed by atoms with E-state index in [0.717, 1.165) is 17.9 Å². The van der Waals surface area contributed by atoms with Crippen molar-refractivity contribution in [2.45, 2.75) is 31.7 Å². The molecule has 0 unspecified atom stereocenters. The van der Waals surface area contributed by atoms with Crippen LogP contribution in [-0.2, 0) is 0 Å². The third-order valence-corrected chi connectivity index (χ3v) is 3.92. The van der Waals surface area contributed by atoms with Gasteiger partial charge in [-0.05, 0) is 12.8 Å². The van der Waals surface area contributed by atoms with Crippen LogP contribution in [-0.4, -0.2) is 22.9 Å². The zero-order valence-electron chi connectivity index (χ0n) is 8.16. The number of thiazole rings is 1. The summed E-state index contributed by atoms with van der Waals surface area (Å²) in [6.45, 7) is 1.08. The Bertz CT molecular complexity index is 257. The number of rotatable bonds is 4. The van der Waals surface area contributed by atoms with E-state index in [0.29, 0.717) is 0 Å². The Labute approximate surface area is 97.5 Å². The number of alkyl halides is 1. The minimum absolute atomic E-state index is 0.735. The second-order valence-corrected chi connectivity index (χ2v) is 5.30. The van der Waals surface area contributed by atoms with E-state index in [1.54, 1.807) is 11.3 Å². The highest BCUT2D eigenvalue weighted by Crippen LogP contribution is 2.29. The summed E-state index contributed by atoms with van der Waals surface area (Å²) in [6, 6.07) is 0.735. The Morgan fingerprint density at radius 3 is 2.86 bits per heavy atom. The summed E-state index contributed by atoms with van der Waals surface area (Å²) in [5.74, 6) is 0. The van der Waals surface area contributed by atoms with Crippen LogP contribution in [0, 0.1) is 0 Å². The molecule has 1 fully saturated rings. The van der Waals surface area contributed by atoms with Gasteiger partial charge in [0.15, 0.2) is 5.13 Å². The first-order valence-corrected chi connectivity index (χ1v) is 7.14. The predicted octanol–water partition coefficient (Wildman–Crippen LogP) is 3.29. The molecule has 78 valence electrons. The van der Waals surface area contributed by atoms with Gasteiger partial charge in [-0.3, -0.25) is 0 Å². The fourth-order valence-electron chi connectivity index (χ4n) is 2.10. The predicted molar refractivity (Wildman–Crippen MR) is 65.5 cm³/mol. The molecule has 1 aromatic heterocycles. The van der Waals surface area contributed by atoms with Gasteiger partial charge in [-0.15, -0.1) is 11.3 Å². The SMILES string of the molecule is BrCCN(c1nccs1)C1CCCC1. The maximum absolute atomic E-state index is 4.40. The summed E-state index contributed by atoms with van der Waals surface area (Å²) in [5.41, 5.74) is 0. The van der Waals surface area contributed by atoms with E-state index in [-0.39, 0.29) is 0 Å². The fraction of sp³-hybridized carbons (Fsp3) is 0.700. The van der Waals surface area contributed by atoms with Crippen LogP contribution < -0.4 is 4.90 Å². The molecule has 0 bridgehead atoms. The smallest absolute Gasteiger partial charge is 0.185 e. The van der Waals surface area contributed by atoms with Gasteiger partial charge in [0.2, 0.25) is 0 Å². The summed E-state index contributed by atoms with van der Waals surface area (Å²) in [4.78, 5) is 6.87. The van der Waals surface area contributed by atoms with Crippen molar-refractivity contribution >= 4 is 32.4 Å². The van der Waals surface area contributed by atoms with E-state index >= 15 is 0 Å². The summed E-state index contributed by atoms with van der Waals surface area (Å²) < 4.78 is 0. The molecule has 1 aromatic rings. The van der Waals surface area contributed by atoms with Crippen molar-refractivity contribution in [3.8, 4) is 0 Å². The number of halogens is 1. The normalized spacial score (nSPS) is 17.5. The summed E-state index contributed by atoms with van der Waals surface area (Å²) in [7, 11) is 0. The van der Waals surface area contributed by atoms with Crippen molar-refractivity contribution in [3.63, 3.8) is 0 Å². The molecule has 14 heavy (non-hydrogen) atoms. The molecule has 0 radical (unpaired) electrons. The van der Waals surface area contributed by atoms with Gasteiger partial charge >= 0.3 is 0 Å². The Hall–Kier alpha value is -0.0900. The van der Waals surface area contributed by atoms with Crippen LogP contribution in [0.2, 0.25) is 0 Å². The van der Waals surface area contributed by atoms with Crippen LogP contribution in [0.15, 0.2) is 11.6 Å². The molecule has 0 spiro atoms. The lowest BCUT2D eigenvalue weighted by Crippen LogP contribution is -2.34. The molecule has 0 saturated heterocycles. The van der Waals surface area contributed by atoms with Gasteiger partial charge in [-0.1, -0.05) is 28.8 Å². The lowest BCUT2D eigenvalue weighted by atomic mass is 10.2. The number of anilines is 1. The first-order chi connectivity index (χ1) is 6.92. The van der Waals surface area contributed by atoms with Gasteiger partial charge in [-0.25, -0.2) is 4.98 Å². The number of hydrogen-bond donors (Lipinski definition) is 0. The van der Waals surface area contributed by atoms with Crippen LogP contribution >= 0.6 is 27.3 Å². The third-order valence-electron chi connectivity index (χ3n) is 2.76. The second kappa shape index (κ2) is 5.12. The Morgan fingerprint density at radius 1 is 1.50 bits per heavy atom. The monoisotopic (exact) mass is 274 g/mol. The quantitative estimate of drug-likeness (QED) is 0.784. The van der Waals surface area contributed by atoms with E-state index in [1.165, 1.54) is 30.8 Å². The van der Waals surface area contributed by atoms with Crippen molar-refractivity contribution in [1.82, 2.24) is 4.98 Å². The summed E-state index contributed by atoms with van der Waals surface area (Å²) >= 11 is 5.27. The topological polar surface area (TPSA) is 16.1 Å². The van der Waals surface area contributed by atoms with E-state index in [2.05, 4.69) is 31.2 Å². The van der Waals surface area contributed by atoms with Crippen molar-refractivity contribution < 1.29 is 0 Å². The molecule has 1 heterocycles. The largest absolute Gasteiger partial charge is 0.344 e. The van der Waals surface area contributed by atoms with Crippen molar-refractivity contribution in [2.24, 2.45) is 0 Å². The van der Waals surface area contributed by atoms with E-state index in [1.807, 2.05) is 6.20 Å². The number of hydrogen-bond acceptors (Lipinski definition) is 3. The maximum Gasteiger partial charge on any atom is 0.185 e. The molecule has 0 aromatic carbocycles. The molecule has 2 nitrogen and oxygen atoms in total. The average molecular weight is 275 g/mol. The van der Waals surface area contributed by atoms with E-state index in [4.69, 9.17) is 0 Å². The van der Waals surface area contributed by atoms with Crippen LogP contribution in [0.3, 0.4) is 0 Å².